The molecule has 9 heteroatoms. The van der Waals surface area contributed by atoms with Crippen LogP contribution in [-0.4, -0.2) is 37.0 Å². The molecular formula is C15H16N6O2S. The van der Waals surface area contributed by atoms with Crippen molar-refractivity contribution in [3.63, 3.8) is 0 Å². The molecule has 24 heavy (non-hydrogen) atoms. The Kier molecular flexibility index (Phi) is 5.22. The molecule has 1 amide bonds. The maximum atomic E-state index is 11.9. The van der Waals surface area contributed by atoms with Gasteiger partial charge in [0.1, 0.15) is 5.76 Å². The highest BCUT2D eigenvalue weighted by Gasteiger charge is 2.10. The van der Waals surface area contributed by atoms with Gasteiger partial charge in [0.25, 0.3) is 0 Å². The third-order valence-electron chi connectivity index (χ3n) is 3.13. The number of aryl methyl sites for hydroxylation is 1. The van der Waals surface area contributed by atoms with Gasteiger partial charge in [-0.2, -0.15) is 0 Å². The first kappa shape index (κ1) is 16.2. The van der Waals surface area contributed by atoms with E-state index in [1.54, 1.807) is 17.7 Å². The van der Waals surface area contributed by atoms with Crippen molar-refractivity contribution in [1.29, 1.82) is 0 Å². The van der Waals surface area contributed by atoms with E-state index < -0.39 is 0 Å². The second-order valence-corrected chi connectivity index (χ2v) is 6.14. The molecule has 124 valence electrons. The number of nitrogens with zero attached hydrogens (tertiary/aromatic N) is 5. The summed E-state index contributed by atoms with van der Waals surface area (Å²) in [5.74, 6) is 1.52. The van der Waals surface area contributed by atoms with Crippen molar-refractivity contribution in [2.24, 2.45) is 0 Å². The number of tetrazole rings is 1. The lowest BCUT2D eigenvalue weighted by atomic mass is 10.2. The number of hydrogen-bond donors (Lipinski definition) is 1. The minimum Gasteiger partial charge on any atom is -0.360 e. The molecule has 0 aliphatic carbocycles. The second kappa shape index (κ2) is 7.73. The Balaban J connectivity index is 1.48. The average Bonchev–Trinajstić information content (AvgIpc) is 3.18. The van der Waals surface area contributed by atoms with E-state index in [-0.39, 0.29) is 5.91 Å². The Morgan fingerprint density at radius 1 is 1.33 bits per heavy atom. The van der Waals surface area contributed by atoms with Crippen LogP contribution in [0.1, 0.15) is 17.7 Å². The van der Waals surface area contributed by atoms with Gasteiger partial charge in [0.2, 0.25) is 11.1 Å². The van der Waals surface area contributed by atoms with Crippen molar-refractivity contribution in [2.45, 2.75) is 25.0 Å². The molecule has 3 aromatic rings. The van der Waals surface area contributed by atoms with Crippen LogP contribution in [0.5, 0.6) is 0 Å². The minimum absolute atomic E-state index is 0.127. The number of nitrogens with one attached hydrogen (secondary N) is 1. The van der Waals surface area contributed by atoms with Gasteiger partial charge in [-0.15, -0.1) is 5.10 Å². The largest absolute Gasteiger partial charge is 0.360 e. The van der Waals surface area contributed by atoms with Crippen LogP contribution in [0.4, 0.5) is 5.82 Å². The fourth-order valence-corrected chi connectivity index (χ4v) is 2.84. The number of anilines is 1. The predicted molar refractivity (Wildman–Crippen MR) is 88.6 cm³/mol. The quantitative estimate of drug-likeness (QED) is 0.656. The first-order valence-electron chi connectivity index (χ1n) is 7.37. The molecule has 0 unspecified atom stereocenters. The molecule has 1 aromatic carbocycles. The summed E-state index contributed by atoms with van der Waals surface area (Å²) in [6.07, 6.45) is 0.328. The summed E-state index contributed by atoms with van der Waals surface area (Å²) in [6.45, 7) is 2.37. The van der Waals surface area contributed by atoms with Crippen LogP contribution in [-0.2, 0) is 11.3 Å². The van der Waals surface area contributed by atoms with E-state index in [0.29, 0.717) is 35.5 Å². The van der Waals surface area contributed by atoms with E-state index in [2.05, 4.69) is 26.0 Å². The molecule has 2 heterocycles. The van der Waals surface area contributed by atoms with Gasteiger partial charge in [0.15, 0.2) is 5.82 Å². The third kappa shape index (κ3) is 4.42. The molecule has 0 bridgehead atoms. The van der Waals surface area contributed by atoms with Gasteiger partial charge in [-0.1, -0.05) is 47.3 Å². The zero-order valence-corrected chi connectivity index (χ0v) is 13.9. The number of amides is 1. The molecule has 0 saturated carbocycles. The summed E-state index contributed by atoms with van der Waals surface area (Å²) >= 11 is 1.44. The van der Waals surface area contributed by atoms with Gasteiger partial charge in [0.05, 0.1) is 6.54 Å². The maximum absolute atomic E-state index is 11.9. The first-order valence-corrected chi connectivity index (χ1v) is 8.35. The zero-order chi connectivity index (χ0) is 16.8. The molecule has 0 radical (unpaired) electrons. The number of carbonyl (C=O) groups is 1. The van der Waals surface area contributed by atoms with E-state index in [0.717, 1.165) is 5.56 Å². The highest BCUT2D eigenvalue weighted by Crippen LogP contribution is 2.16. The van der Waals surface area contributed by atoms with Crippen molar-refractivity contribution in [1.82, 2.24) is 25.4 Å². The molecule has 0 atom stereocenters. The molecule has 3 rings (SSSR count). The molecule has 8 nitrogen and oxygen atoms in total. The van der Waals surface area contributed by atoms with Gasteiger partial charge in [-0.3, -0.25) is 4.79 Å². The lowest BCUT2D eigenvalue weighted by molar-refractivity contribution is -0.115. The van der Waals surface area contributed by atoms with Gasteiger partial charge in [-0.25, -0.2) is 4.68 Å². The van der Waals surface area contributed by atoms with Crippen molar-refractivity contribution >= 4 is 23.5 Å². The Labute approximate surface area is 142 Å². The number of carbonyl (C=O) groups excluding carboxylic acids is 1. The molecule has 0 fully saturated rings. The monoisotopic (exact) mass is 344 g/mol. The Bertz CT molecular complexity index is 801. The number of benzene rings is 1. The number of aromatic nitrogens is 5. The lowest BCUT2D eigenvalue weighted by Crippen LogP contribution is -2.12. The Morgan fingerprint density at radius 2 is 2.17 bits per heavy atom. The molecule has 1 N–H and O–H groups in total. The summed E-state index contributed by atoms with van der Waals surface area (Å²) in [7, 11) is 0. The van der Waals surface area contributed by atoms with Crippen molar-refractivity contribution in [3.05, 3.63) is 47.7 Å². The van der Waals surface area contributed by atoms with Crippen molar-refractivity contribution in [3.8, 4) is 0 Å². The van der Waals surface area contributed by atoms with E-state index in [4.69, 9.17) is 4.52 Å². The van der Waals surface area contributed by atoms with E-state index in [1.807, 2.05) is 30.3 Å². The molecule has 0 aliphatic rings. The lowest BCUT2D eigenvalue weighted by Gasteiger charge is -2.04. The molecule has 0 spiro atoms. The smallest absolute Gasteiger partial charge is 0.226 e. The molecule has 0 aliphatic heterocycles. The number of rotatable bonds is 7. The zero-order valence-electron chi connectivity index (χ0n) is 13.0. The van der Waals surface area contributed by atoms with Gasteiger partial charge >= 0.3 is 0 Å². The molecular weight excluding hydrogens is 328 g/mol. The van der Waals surface area contributed by atoms with Gasteiger partial charge < -0.3 is 9.84 Å². The number of thioether (sulfide) groups is 1. The van der Waals surface area contributed by atoms with E-state index in [9.17, 15) is 4.79 Å². The molecule has 2 aromatic heterocycles. The van der Waals surface area contributed by atoms with Gasteiger partial charge in [0, 0.05) is 18.2 Å². The highest BCUT2D eigenvalue weighted by atomic mass is 32.2. The van der Waals surface area contributed by atoms with Crippen LogP contribution < -0.4 is 5.32 Å². The van der Waals surface area contributed by atoms with Gasteiger partial charge in [-0.05, 0) is 22.9 Å². The van der Waals surface area contributed by atoms with Crippen LogP contribution in [0.3, 0.4) is 0 Å². The van der Waals surface area contributed by atoms with Crippen LogP contribution >= 0.6 is 11.8 Å². The summed E-state index contributed by atoms with van der Waals surface area (Å²) in [5.41, 5.74) is 1.12. The minimum atomic E-state index is -0.127. The number of hydrogen-bond acceptors (Lipinski definition) is 7. The topological polar surface area (TPSA) is 98.7 Å². The summed E-state index contributed by atoms with van der Waals surface area (Å²) in [5, 5.41) is 18.8. The summed E-state index contributed by atoms with van der Waals surface area (Å²) in [6, 6.07) is 11.6. The Hall–Kier alpha value is -2.68. The fraction of sp³-hybridized carbons (Fsp3) is 0.267. The standard InChI is InChI=1S/C15H16N6O2S/c1-11-9-13(18-23-11)16-14(22)7-8-24-15-17-19-20-21(15)10-12-5-3-2-4-6-12/h2-6,9H,7-8,10H2,1H3,(H,16,18,22). The average molecular weight is 344 g/mol. The molecule has 0 saturated heterocycles. The SMILES string of the molecule is Cc1cc(NC(=O)CCSc2nnnn2Cc2ccccc2)no1. The summed E-state index contributed by atoms with van der Waals surface area (Å²) < 4.78 is 6.62. The van der Waals surface area contributed by atoms with E-state index in [1.165, 1.54) is 11.8 Å². The van der Waals surface area contributed by atoms with Crippen molar-refractivity contribution in [2.75, 3.05) is 11.1 Å². The third-order valence-corrected chi connectivity index (χ3v) is 4.09. The van der Waals surface area contributed by atoms with Crippen molar-refractivity contribution < 1.29 is 9.32 Å². The highest BCUT2D eigenvalue weighted by molar-refractivity contribution is 7.99. The van der Waals surface area contributed by atoms with Crippen LogP contribution in [0.15, 0.2) is 46.1 Å². The van der Waals surface area contributed by atoms with Crippen LogP contribution in [0.25, 0.3) is 0 Å². The van der Waals surface area contributed by atoms with Crippen LogP contribution in [0, 0.1) is 6.92 Å². The van der Waals surface area contributed by atoms with E-state index >= 15 is 0 Å². The normalized spacial score (nSPS) is 10.7. The predicted octanol–water partition coefficient (Wildman–Crippen LogP) is 2.14. The fourth-order valence-electron chi connectivity index (χ4n) is 2.02. The Morgan fingerprint density at radius 3 is 2.92 bits per heavy atom. The van der Waals surface area contributed by atoms with Crippen LogP contribution in [0.2, 0.25) is 0 Å². The first-order chi connectivity index (χ1) is 11.7. The maximum Gasteiger partial charge on any atom is 0.226 e. The second-order valence-electron chi connectivity index (χ2n) is 5.07. The summed E-state index contributed by atoms with van der Waals surface area (Å²) in [4.78, 5) is 11.9.